The van der Waals surface area contributed by atoms with Crippen LogP contribution in [-0.4, -0.2) is 9.52 Å². The maximum atomic E-state index is 9.44. The molecule has 4 unspecified atom stereocenters. The third-order valence-electron chi connectivity index (χ3n) is 14.8. The second-order valence-electron chi connectivity index (χ2n) is 17.7. The summed E-state index contributed by atoms with van der Waals surface area (Å²) < 4.78 is 1.13. The molecule has 3 aliphatic rings. The quantitative estimate of drug-likeness (QED) is 0.126. The molecule has 58 heavy (non-hydrogen) atoms. The number of hydrogen-bond acceptors (Lipinski definition) is 0. The Morgan fingerprint density at radius 1 is 0.517 bits per heavy atom. The van der Waals surface area contributed by atoms with Crippen molar-refractivity contribution in [2.24, 2.45) is 11.8 Å². The fraction of sp³-hybridized carbons (Fsp3) is 0.259. The van der Waals surface area contributed by atoms with Gasteiger partial charge in [-0.15, -0.1) is 0 Å². The van der Waals surface area contributed by atoms with Crippen molar-refractivity contribution in [3.8, 4) is 33.4 Å². The SMILES string of the molecule is CCC(C)C1=Cc2c(-c3cccc(C)c3C)cccc2[CH]1[Hf]([Cl])([Cl])([c]1cccc2c1[SiH2]c1ccccc1-2)[CH]1C(C(C)CC)=Cc2c(-c3cccc(C)c3C)cccc21. The molecule has 0 N–H and O–H groups in total. The van der Waals surface area contributed by atoms with E-state index in [9.17, 15) is 17.2 Å². The van der Waals surface area contributed by atoms with Crippen molar-refractivity contribution in [3.63, 3.8) is 0 Å². The molecule has 0 amide bonds. The minimum absolute atomic E-state index is 0.0904. The van der Waals surface area contributed by atoms with Gasteiger partial charge in [-0.25, -0.2) is 0 Å². The molecule has 0 saturated heterocycles. The van der Waals surface area contributed by atoms with Gasteiger partial charge in [-0.1, -0.05) is 0 Å². The normalized spacial score (nSPS) is 18.8. The Hall–Kier alpha value is -3.53. The standard InChI is InChI=1S/2C21H23.C12H9Si.2ClH.Hf/c2*1-5-14(2)18-12-17-9-7-11-20(21(17)13-18)19-10-6-8-15(3)16(19)4;1-3-7-11-9(5-1)10-6-2-4-8-12(10)13-11;;;/h2*6-14H,5H2,1-4H3;1-7H,13H2;2*1H;/q;;;;;+2/p-2. The van der Waals surface area contributed by atoms with E-state index in [2.05, 4.69) is 183 Å². The molecule has 1 heterocycles. The summed E-state index contributed by atoms with van der Waals surface area (Å²) in [6, 6.07) is 43.6. The molecule has 2 aliphatic carbocycles. The first-order chi connectivity index (χ1) is 27.9. The van der Waals surface area contributed by atoms with Gasteiger partial charge in [-0.3, -0.25) is 0 Å². The van der Waals surface area contributed by atoms with Crippen LogP contribution in [0.1, 0.15) is 92.4 Å². The first-order valence-corrected chi connectivity index (χ1v) is 37.7. The van der Waals surface area contributed by atoms with Crippen LogP contribution in [0.2, 0.25) is 0 Å². The van der Waals surface area contributed by atoms with Crippen molar-refractivity contribution >= 4 is 52.5 Å². The van der Waals surface area contributed by atoms with Crippen LogP contribution in [-0.2, 0) is 16.1 Å². The molecule has 0 bridgehead atoms. The predicted octanol–water partition coefficient (Wildman–Crippen LogP) is 13.3. The van der Waals surface area contributed by atoms with Gasteiger partial charge in [0, 0.05) is 0 Å². The average Bonchev–Trinajstić information content (AvgIpc) is 3.95. The molecule has 0 nitrogen and oxygen atoms in total. The van der Waals surface area contributed by atoms with E-state index >= 15 is 0 Å². The second kappa shape index (κ2) is 14.9. The fourth-order valence-corrected chi connectivity index (χ4v) is 50.1. The Kier molecular flexibility index (Phi) is 10.2. The average molecular weight is 982 g/mol. The first-order valence-electron chi connectivity index (χ1n) is 21.5. The van der Waals surface area contributed by atoms with Crippen molar-refractivity contribution in [1.29, 1.82) is 0 Å². The molecule has 4 heteroatoms. The van der Waals surface area contributed by atoms with E-state index < -0.39 is 25.7 Å². The summed E-state index contributed by atoms with van der Waals surface area (Å²) in [5.74, 6) is 0.613. The summed E-state index contributed by atoms with van der Waals surface area (Å²) in [5.41, 5.74) is 21.3. The van der Waals surface area contributed by atoms with Crippen LogP contribution in [0.4, 0.5) is 0 Å². The number of rotatable bonds is 9. The molecule has 4 atom stereocenters. The topological polar surface area (TPSA) is 0 Å². The summed E-state index contributed by atoms with van der Waals surface area (Å²) in [7, 11) is 18.0. The third-order valence-corrected chi connectivity index (χ3v) is 46.2. The van der Waals surface area contributed by atoms with Crippen molar-refractivity contribution in [3.05, 3.63) is 171 Å². The van der Waals surface area contributed by atoms with Crippen LogP contribution in [0, 0.1) is 39.5 Å². The molecule has 0 saturated carbocycles. The molecule has 9 rings (SSSR count). The van der Waals surface area contributed by atoms with Crippen LogP contribution >= 0.6 is 17.2 Å². The van der Waals surface area contributed by atoms with E-state index in [-0.39, 0.29) is 7.35 Å². The maximum absolute atomic E-state index is 9.44. The zero-order valence-corrected chi connectivity index (χ0v) is 41.8. The van der Waals surface area contributed by atoms with Gasteiger partial charge in [0.05, 0.1) is 0 Å². The van der Waals surface area contributed by atoms with Crippen molar-refractivity contribution in [2.75, 3.05) is 0 Å². The molecule has 0 spiro atoms. The monoisotopic (exact) mass is 981 g/mol. The molecule has 0 fully saturated rings. The van der Waals surface area contributed by atoms with Crippen LogP contribution in [0.5, 0.6) is 0 Å². The van der Waals surface area contributed by atoms with Crippen molar-refractivity contribution < 1.29 is 16.1 Å². The number of fused-ring (bicyclic) bond motifs is 5. The Balaban J connectivity index is 1.40. The molecular weight excluding hydrogens is 926 g/mol. The first kappa shape index (κ1) is 39.9. The van der Waals surface area contributed by atoms with Crippen molar-refractivity contribution in [2.45, 2.75) is 75.6 Å². The number of aryl methyl sites for hydroxylation is 2. The van der Waals surface area contributed by atoms with Crippen molar-refractivity contribution in [1.82, 2.24) is 0 Å². The molecular formula is C54H55Cl2HfSi. The van der Waals surface area contributed by atoms with Gasteiger partial charge in [0.15, 0.2) is 0 Å². The van der Waals surface area contributed by atoms with E-state index in [1.807, 2.05) is 0 Å². The summed E-state index contributed by atoms with van der Waals surface area (Å²) in [5, 5.41) is 2.98. The number of halogens is 2. The van der Waals surface area contributed by atoms with E-state index in [4.69, 9.17) is 0 Å². The summed E-state index contributed by atoms with van der Waals surface area (Å²) in [6.45, 7) is 18.5. The summed E-state index contributed by atoms with van der Waals surface area (Å²) in [6.07, 6.45) is 7.15. The van der Waals surface area contributed by atoms with Crippen LogP contribution in [0.25, 0.3) is 45.5 Å². The third kappa shape index (κ3) is 5.90. The fourth-order valence-electron chi connectivity index (χ4n) is 11.0. The van der Waals surface area contributed by atoms with E-state index in [1.165, 1.54) is 103 Å². The van der Waals surface area contributed by atoms with Gasteiger partial charge in [0.2, 0.25) is 0 Å². The van der Waals surface area contributed by atoms with Gasteiger partial charge in [0.1, 0.15) is 0 Å². The van der Waals surface area contributed by atoms with Gasteiger partial charge >= 0.3 is 360 Å². The summed E-state index contributed by atoms with van der Waals surface area (Å²) in [4.78, 5) is 0. The van der Waals surface area contributed by atoms with Crippen LogP contribution < -0.4 is 13.7 Å². The molecule has 6 aromatic rings. The van der Waals surface area contributed by atoms with Gasteiger partial charge in [-0.05, 0) is 0 Å². The number of benzene rings is 6. The zero-order chi connectivity index (χ0) is 40.7. The number of allylic oxidation sites excluding steroid dienone is 2. The van der Waals surface area contributed by atoms with Gasteiger partial charge in [-0.2, -0.15) is 0 Å². The molecule has 1 aliphatic heterocycles. The van der Waals surface area contributed by atoms with Gasteiger partial charge in [0.25, 0.3) is 0 Å². The summed E-state index contributed by atoms with van der Waals surface area (Å²) >= 11 is -5.86. The Bertz CT molecular complexity index is 2580. The Morgan fingerprint density at radius 3 is 1.47 bits per heavy atom. The van der Waals surface area contributed by atoms with Crippen LogP contribution in [0.15, 0.2) is 126 Å². The van der Waals surface area contributed by atoms with Crippen LogP contribution in [0.3, 0.4) is 0 Å². The second-order valence-corrected chi connectivity index (χ2v) is 48.8. The Morgan fingerprint density at radius 2 is 0.948 bits per heavy atom. The zero-order valence-electron chi connectivity index (χ0n) is 35.3. The molecule has 0 aromatic heterocycles. The predicted molar refractivity (Wildman–Crippen MR) is 254 cm³/mol. The van der Waals surface area contributed by atoms with E-state index in [0.29, 0.717) is 11.8 Å². The van der Waals surface area contributed by atoms with E-state index in [1.54, 1.807) is 0 Å². The molecule has 6 aromatic carbocycles. The minimum atomic E-state index is -5.86. The number of hydrogen-bond donors (Lipinski definition) is 0. The Labute approximate surface area is 357 Å². The molecule has 293 valence electrons. The van der Waals surface area contributed by atoms with Gasteiger partial charge < -0.3 is 0 Å². The molecule has 0 radical (unpaired) electrons. The van der Waals surface area contributed by atoms with E-state index in [0.717, 1.165) is 12.8 Å².